The van der Waals surface area contributed by atoms with Gasteiger partial charge in [-0.3, -0.25) is 0 Å². The van der Waals surface area contributed by atoms with Gasteiger partial charge in [0.1, 0.15) is 6.10 Å². The predicted octanol–water partition coefficient (Wildman–Crippen LogP) is 4.01. The van der Waals surface area contributed by atoms with Crippen LogP contribution in [0.5, 0.6) is 0 Å². The van der Waals surface area contributed by atoms with Crippen molar-refractivity contribution >= 4 is 11.6 Å². The number of aliphatic hydroxyl groups excluding tert-OH is 1. The van der Waals surface area contributed by atoms with E-state index in [1.165, 1.54) is 5.56 Å². The SMILES string of the molecule is O[C@H](C#CCCc1ccccc1)c1ccc(Cl)cc1. The van der Waals surface area contributed by atoms with Crippen LogP contribution >= 0.6 is 11.6 Å². The van der Waals surface area contributed by atoms with Gasteiger partial charge in [0.2, 0.25) is 0 Å². The van der Waals surface area contributed by atoms with E-state index in [-0.39, 0.29) is 0 Å². The molecule has 0 fully saturated rings. The van der Waals surface area contributed by atoms with Crippen LogP contribution in [0.1, 0.15) is 23.7 Å². The minimum absolute atomic E-state index is 0.660. The fourth-order valence-corrected chi connectivity index (χ4v) is 1.87. The van der Waals surface area contributed by atoms with Crippen molar-refractivity contribution in [2.45, 2.75) is 18.9 Å². The normalized spacial score (nSPS) is 11.5. The van der Waals surface area contributed by atoms with Crippen molar-refractivity contribution in [3.8, 4) is 11.8 Å². The third kappa shape index (κ3) is 4.44. The summed E-state index contributed by atoms with van der Waals surface area (Å²) < 4.78 is 0. The molecule has 0 saturated carbocycles. The van der Waals surface area contributed by atoms with Crippen molar-refractivity contribution < 1.29 is 5.11 Å². The summed E-state index contributed by atoms with van der Waals surface area (Å²) in [6, 6.07) is 17.3. The van der Waals surface area contributed by atoms with Crippen LogP contribution in [0.3, 0.4) is 0 Å². The van der Waals surface area contributed by atoms with Gasteiger partial charge < -0.3 is 5.11 Å². The minimum Gasteiger partial charge on any atom is -0.376 e. The van der Waals surface area contributed by atoms with Gasteiger partial charge >= 0.3 is 0 Å². The van der Waals surface area contributed by atoms with Crippen molar-refractivity contribution in [1.29, 1.82) is 0 Å². The Morgan fingerprint density at radius 3 is 2.37 bits per heavy atom. The Hall–Kier alpha value is -1.75. The summed E-state index contributed by atoms with van der Waals surface area (Å²) in [7, 11) is 0. The fraction of sp³-hybridized carbons (Fsp3) is 0.176. The van der Waals surface area contributed by atoms with Gasteiger partial charge in [0.05, 0.1) is 0 Å². The Labute approximate surface area is 118 Å². The van der Waals surface area contributed by atoms with E-state index in [0.717, 1.165) is 18.4 Å². The molecule has 0 radical (unpaired) electrons. The second-order valence-electron chi connectivity index (χ2n) is 4.26. The molecule has 0 spiro atoms. The zero-order valence-electron chi connectivity index (χ0n) is 10.5. The van der Waals surface area contributed by atoms with E-state index in [9.17, 15) is 5.11 Å². The van der Waals surface area contributed by atoms with E-state index in [4.69, 9.17) is 11.6 Å². The van der Waals surface area contributed by atoms with Crippen LogP contribution in [-0.4, -0.2) is 5.11 Å². The van der Waals surface area contributed by atoms with Crippen molar-refractivity contribution in [2.24, 2.45) is 0 Å². The first-order valence-electron chi connectivity index (χ1n) is 6.21. The van der Waals surface area contributed by atoms with E-state index in [2.05, 4.69) is 24.0 Å². The average Bonchev–Trinajstić information content (AvgIpc) is 2.45. The lowest BCUT2D eigenvalue weighted by molar-refractivity contribution is 0.238. The molecule has 0 heterocycles. The number of hydrogen-bond donors (Lipinski definition) is 1. The molecule has 0 amide bonds. The highest BCUT2D eigenvalue weighted by molar-refractivity contribution is 6.30. The summed E-state index contributed by atoms with van der Waals surface area (Å²) in [5, 5.41) is 10.6. The van der Waals surface area contributed by atoms with Crippen molar-refractivity contribution in [3.63, 3.8) is 0 Å². The summed E-state index contributed by atoms with van der Waals surface area (Å²) in [5.41, 5.74) is 2.04. The third-order valence-electron chi connectivity index (χ3n) is 2.81. The molecule has 0 aromatic heterocycles. The van der Waals surface area contributed by atoms with Crippen LogP contribution in [0.4, 0.5) is 0 Å². The molecule has 96 valence electrons. The fourth-order valence-electron chi connectivity index (χ4n) is 1.75. The maximum atomic E-state index is 9.89. The lowest BCUT2D eigenvalue weighted by Gasteiger charge is -2.03. The molecular weight excluding hydrogens is 256 g/mol. The molecule has 1 N–H and O–H groups in total. The van der Waals surface area contributed by atoms with Crippen LogP contribution in [0.2, 0.25) is 5.02 Å². The number of aryl methyl sites for hydroxylation is 1. The second kappa shape index (κ2) is 6.99. The van der Waals surface area contributed by atoms with E-state index in [1.54, 1.807) is 24.3 Å². The molecule has 0 aliphatic rings. The quantitative estimate of drug-likeness (QED) is 0.836. The standard InChI is InChI=1S/C17H15ClO/c18-16-12-10-15(11-13-16)17(19)9-5-4-8-14-6-2-1-3-7-14/h1-3,6-7,10-13,17,19H,4,8H2/t17-/m1/s1. The van der Waals surface area contributed by atoms with E-state index in [0.29, 0.717) is 5.02 Å². The van der Waals surface area contributed by atoms with Gasteiger partial charge in [-0.1, -0.05) is 65.9 Å². The topological polar surface area (TPSA) is 20.2 Å². The van der Waals surface area contributed by atoms with E-state index in [1.807, 2.05) is 18.2 Å². The molecule has 0 saturated heterocycles. The molecule has 0 bridgehead atoms. The molecule has 0 aliphatic heterocycles. The Balaban J connectivity index is 1.88. The molecule has 2 heteroatoms. The van der Waals surface area contributed by atoms with E-state index < -0.39 is 6.10 Å². The summed E-state index contributed by atoms with van der Waals surface area (Å²) in [6.45, 7) is 0. The van der Waals surface area contributed by atoms with Gasteiger partial charge in [0, 0.05) is 11.4 Å². The van der Waals surface area contributed by atoms with Crippen molar-refractivity contribution in [2.75, 3.05) is 0 Å². The Morgan fingerprint density at radius 2 is 1.68 bits per heavy atom. The van der Waals surface area contributed by atoms with Crippen molar-refractivity contribution in [1.82, 2.24) is 0 Å². The number of aliphatic hydroxyl groups is 1. The highest BCUT2D eigenvalue weighted by atomic mass is 35.5. The Kier molecular flexibility index (Phi) is 5.03. The number of halogens is 1. The molecule has 1 nitrogen and oxygen atoms in total. The van der Waals surface area contributed by atoms with Crippen LogP contribution < -0.4 is 0 Å². The molecule has 2 aromatic rings. The lowest BCUT2D eigenvalue weighted by Crippen LogP contribution is -1.93. The maximum absolute atomic E-state index is 9.89. The van der Waals surface area contributed by atoms with Gasteiger partial charge in [0.25, 0.3) is 0 Å². The largest absolute Gasteiger partial charge is 0.376 e. The van der Waals surface area contributed by atoms with E-state index >= 15 is 0 Å². The Bertz CT molecular complexity index is 564. The highest BCUT2D eigenvalue weighted by Crippen LogP contribution is 2.15. The predicted molar refractivity (Wildman–Crippen MR) is 79.0 cm³/mol. The minimum atomic E-state index is -0.743. The smallest absolute Gasteiger partial charge is 0.140 e. The molecular formula is C17H15ClO. The number of rotatable bonds is 3. The van der Waals surface area contributed by atoms with Crippen LogP contribution in [0.15, 0.2) is 54.6 Å². The van der Waals surface area contributed by atoms with Crippen LogP contribution in [0, 0.1) is 11.8 Å². The summed E-state index contributed by atoms with van der Waals surface area (Å²) in [4.78, 5) is 0. The maximum Gasteiger partial charge on any atom is 0.140 e. The highest BCUT2D eigenvalue weighted by Gasteiger charge is 2.02. The lowest BCUT2D eigenvalue weighted by atomic mass is 10.1. The van der Waals surface area contributed by atoms with Crippen LogP contribution in [0.25, 0.3) is 0 Å². The summed E-state index contributed by atoms with van der Waals surface area (Å²) in [6.07, 6.45) is 0.906. The zero-order valence-corrected chi connectivity index (χ0v) is 11.3. The first kappa shape index (κ1) is 13.7. The van der Waals surface area contributed by atoms with Crippen molar-refractivity contribution in [3.05, 3.63) is 70.7 Å². The third-order valence-corrected chi connectivity index (χ3v) is 3.06. The molecule has 0 aliphatic carbocycles. The first-order chi connectivity index (χ1) is 9.25. The molecule has 0 unspecified atom stereocenters. The zero-order chi connectivity index (χ0) is 13.5. The van der Waals surface area contributed by atoms with Gasteiger partial charge in [-0.05, 0) is 29.7 Å². The van der Waals surface area contributed by atoms with Crippen LogP contribution in [-0.2, 0) is 6.42 Å². The molecule has 2 aromatic carbocycles. The van der Waals surface area contributed by atoms with Gasteiger partial charge in [-0.15, -0.1) is 0 Å². The van der Waals surface area contributed by atoms with Gasteiger partial charge in [-0.2, -0.15) is 0 Å². The average molecular weight is 271 g/mol. The Morgan fingerprint density at radius 1 is 1.00 bits per heavy atom. The van der Waals surface area contributed by atoms with Gasteiger partial charge in [-0.25, -0.2) is 0 Å². The van der Waals surface area contributed by atoms with Gasteiger partial charge in [0.15, 0.2) is 0 Å². The first-order valence-corrected chi connectivity index (χ1v) is 6.59. The molecule has 1 atom stereocenters. The molecule has 2 rings (SSSR count). The summed E-state index contributed by atoms with van der Waals surface area (Å²) >= 11 is 5.79. The second-order valence-corrected chi connectivity index (χ2v) is 4.70. The molecule has 19 heavy (non-hydrogen) atoms. The number of hydrogen-bond acceptors (Lipinski definition) is 1. The monoisotopic (exact) mass is 270 g/mol. The number of benzene rings is 2. The summed E-state index contributed by atoms with van der Waals surface area (Å²) in [5.74, 6) is 5.86.